The van der Waals surface area contributed by atoms with Crippen molar-refractivity contribution in [2.45, 2.75) is 64.3 Å². The Bertz CT molecular complexity index is 988. The summed E-state index contributed by atoms with van der Waals surface area (Å²) in [5, 5.41) is 11.1. The third-order valence-corrected chi connectivity index (χ3v) is 8.74. The molecule has 4 atom stereocenters. The van der Waals surface area contributed by atoms with Crippen LogP contribution in [0.25, 0.3) is 0 Å². The number of benzene rings is 1. The second-order valence-corrected chi connectivity index (χ2v) is 12.0. The molecule has 0 amide bonds. The van der Waals surface area contributed by atoms with Gasteiger partial charge in [0.25, 0.3) is 0 Å². The second kappa shape index (κ2) is 7.80. The van der Waals surface area contributed by atoms with Gasteiger partial charge in [-0.05, 0) is 55.6 Å². The number of rotatable bonds is 6. The van der Waals surface area contributed by atoms with Crippen molar-refractivity contribution in [3.8, 4) is 0 Å². The zero-order valence-corrected chi connectivity index (χ0v) is 20.3. The smallest absolute Gasteiger partial charge is 0.384 e. The van der Waals surface area contributed by atoms with E-state index in [1.807, 2.05) is 0 Å². The summed E-state index contributed by atoms with van der Waals surface area (Å²) in [5.41, 5.74) is -5.16. The van der Waals surface area contributed by atoms with Gasteiger partial charge < -0.3 is 14.9 Å². The van der Waals surface area contributed by atoms with Crippen molar-refractivity contribution in [2.24, 2.45) is 22.2 Å². The Kier molecular flexibility index (Phi) is 6.20. The van der Waals surface area contributed by atoms with Crippen molar-refractivity contribution in [1.29, 1.82) is 0 Å². The van der Waals surface area contributed by atoms with E-state index in [0.717, 1.165) is 12.5 Å². The number of hydrogen-bond donors (Lipinski definition) is 3. The first-order chi connectivity index (χ1) is 14.0. The van der Waals surface area contributed by atoms with Crippen molar-refractivity contribution in [2.75, 3.05) is 0 Å². The van der Waals surface area contributed by atoms with Gasteiger partial charge in [-0.2, -0.15) is 8.78 Å². The number of carbonyl (C=O) groups is 1. The molecule has 3 fully saturated rings. The number of halogens is 3. The lowest BCUT2D eigenvalue weighted by atomic mass is 9.44. The summed E-state index contributed by atoms with van der Waals surface area (Å²) in [6.07, 6.45) is 1.65. The van der Waals surface area contributed by atoms with E-state index in [-0.39, 0.29) is 28.0 Å². The van der Waals surface area contributed by atoms with E-state index >= 15 is 0 Å². The standard InChI is InChI=1S/C21H27BrF2NO5P/c1-11(26)16(25-18-10-13-9-17(19(13,2)3)20(18,4)27)8-12-5-6-14(15(22)7-12)21(23,24)31(28,29)30/h5-7,13,16-17,27H,8-10H2,1-4H3,(H2,28,29,30)/t13?,16-,17?,20?/m0/s1. The molecule has 3 aliphatic carbocycles. The largest absolute Gasteiger partial charge is 0.399 e. The molecule has 0 aliphatic heterocycles. The summed E-state index contributed by atoms with van der Waals surface area (Å²) in [6, 6.07) is 2.77. The maximum Gasteiger partial charge on any atom is 0.399 e. The molecule has 6 nitrogen and oxygen atoms in total. The summed E-state index contributed by atoms with van der Waals surface area (Å²) in [7, 11) is -5.69. The van der Waals surface area contributed by atoms with Crippen molar-refractivity contribution in [1.82, 2.24) is 0 Å². The van der Waals surface area contributed by atoms with E-state index in [2.05, 4.69) is 34.8 Å². The Hall–Kier alpha value is -0.990. The van der Waals surface area contributed by atoms with Gasteiger partial charge >= 0.3 is 13.3 Å². The van der Waals surface area contributed by atoms with E-state index in [9.17, 15) is 23.2 Å². The van der Waals surface area contributed by atoms with Crippen LogP contribution < -0.4 is 0 Å². The first kappa shape index (κ1) is 24.6. The summed E-state index contributed by atoms with van der Waals surface area (Å²) >= 11 is 2.96. The molecule has 0 radical (unpaired) electrons. The lowest BCUT2D eigenvalue weighted by Gasteiger charge is -2.62. The first-order valence-corrected chi connectivity index (χ1v) is 12.4. The molecule has 0 spiro atoms. The molecular weight excluding hydrogens is 495 g/mol. The molecule has 4 rings (SSSR count). The van der Waals surface area contributed by atoms with E-state index in [1.54, 1.807) is 6.92 Å². The van der Waals surface area contributed by atoms with Gasteiger partial charge in [-0.25, -0.2) is 0 Å². The normalized spacial score (nSPS) is 30.1. The quantitative estimate of drug-likeness (QED) is 0.480. The molecule has 3 N–H and O–H groups in total. The van der Waals surface area contributed by atoms with Crippen LogP contribution in [-0.2, 0) is 21.4 Å². The van der Waals surface area contributed by atoms with Crippen LogP contribution in [0.15, 0.2) is 27.7 Å². The van der Waals surface area contributed by atoms with Crippen LogP contribution in [0.2, 0.25) is 0 Å². The van der Waals surface area contributed by atoms with Gasteiger partial charge in [-0.3, -0.25) is 14.4 Å². The highest BCUT2D eigenvalue weighted by Gasteiger charge is 2.61. The van der Waals surface area contributed by atoms with E-state index < -0.39 is 30.5 Å². The summed E-state index contributed by atoms with van der Waals surface area (Å²) in [6.45, 7) is 7.39. The number of hydrogen-bond acceptors (Lipinski definition) is 4. The first-order valence-electron chi connectivity index (χ1n) is 10.0. The fourth-order valence-electron chi connectivity index (χ4n) is 4.92. The molecule has 0 saturated heterocycles. The average molecular weight is 522 g/mol. The maximum atomic E-state index is 14.0. The number of ketones is 1. The minimum Gasteiger partial charge on any atom is -0.384 e. The van der Waals surface area contributed by atoms with Crippen LogP contribution >= 0.6 is 23.5 Å². The number of nitrogens with zero attached hydrogens (tertiary/aromatic N) is 1. The third kappa shape index (κ3) is 4.20. The molecule has 172 valence electrons. The molecule has 1 aromatic rings. The zero-order valence-electron chi connectivity index (χ0n) is 17.8. The fraction of sp³-hybridized carbons (Fsp3) is 0.619. The topological polar surface area (TPSA) is 107 Å². The van der Waals surface area contributed by atoms with Crippen LogP contribution in [-0.4, -0.2) is 38.0 Å². The van der Waals surface area contributed by atoms with Crippen molar-refractivity contribution in [3.63, 3.8) is 0 Å². The van der Waals surface area contributed by atoms with Crippen molar-refractivity contribution in [3.05, 3.63) is 33.8 Å². The molecule has 3 aliphatic rings. The highest BCUT2D eigenvalue weighted by Crippen LogP contribution is 2.62. The Labute approximate surface area is 188 Å². The van der Waals surface area contributed by atoms with E-state index in [4.69, 9.17) is 9.79 Å². The molecular formula is C21H27BrF2NO5P. The maximum absolute atomic E-state index is 14.0. The van der Waals surface area contributed by atoms with E-state index in [1.165, 1.54) is 19.1 Å². The van der Waals surface area contributed by atoms with Gasteiger partial charge in [0.2, 0.25) is 0 Å². The van der Waals surface area contributed by atoms with Gasteiger partial charge in [0.05, 0.1) is 0 Å². The number of aliphatic hydroxyl groups is 1. The number of alkyl halides is 2. The minimum atomic E-state index is -5.69. The van der Waals surface area contributed by atoms with Crippen LogP contribution in [0.3, 0.4) is 0 Å². The summed E-state index contributed by atoms with van der Waals surface area (Å²) in [4.78, 5) is 34.8. The van der Waals surface area contributed by atoms with Gasteiger partial charge in [-0.15, -0.1) is 0 Å². The Morgan fingerprint density at radius 2 is 1.97 bits per heavy atom. The average Bonchev–Trinajstić information content (AvgIpc) is 2.60. The second-order valence-electron chi connectivity index (χ2n) is 9.46. The molecule has 0 heterocycles. The molecule has 2 bridgehead atoms. The van der Waals surface area contributed by atoms with Crippen LogP contribution in [0, 0.1) is 17.3 Å². The SMILES string of the molecule is CC(=O)[C@H](Cc1ccc(C(F)(F)P(=O)(O)O)c(Br)c1)N=C1CC2CC(C1(C)O)C2(C)C. The van der Waals surface area contributed by atoms with Gasteiger partial charge in [0, 0.05) is 22.2 Å². The minimum absolute atomic E-state index is 0.0129. The molecule has 31 heavy (non-hydrogen) atoms. The summed E-state index contributed by atoms with van der Waals surface area (Å²) in [5.74, 6) is 0.239. The molecule has 0 aromatic heterocycles. The number of Topliss-reactive ketones (excluding diaryl/α,β-unsaturated/α-hetero) is 1. The van der Waals surface area contributed by atoms with Gasteiger partial charge in [0.1, 0.15) is 11.6 Å². The number of aliphatic imine (C=N–C) groups is 1. The number of carbonyl (C=O) groups excluding carboxylic acids is 1. The zero-order chi connectivity index (χ0) is 23.6. The molecule has 3 unspecified atom stereocenters. The molecule has 1 aromatic carbocycles. The van der Waals surface area contributed by atoms with Crippen LogP contribution in [0.4, 0.5) is 8.78 Å². The van der Waals surface area contributed by atoms with E-state index in [0.29, 0.717) is 23.6 Å². The number of fused-ring (bicyclic) bond motifs is 2. The highest BCUT2D eigenvalue weighted by molar-refractivity contribution is 9.10. The Balaban J connectivity index is 1.87. The van der Waals surface area contributed by atoms with Crippen molar-refractivity contribution >= 4 is 35.0 Å². The Morgan fingerprint density at radius 1 is 1.35 bits per heavy atom. The predicted octanol–water partition coefficient (Wildman–Crippen LogP) is 4.43. The Morgan fingerprint density at radius 3 is 2.42 bits per heavy atom. The van der Waals surface area contributed by atoms with Gasteiger partial charge in [0.15, 0.2) is 5.78 Å². The molecule has 10 heteroatoms. The monoisotopic (exact) mass is 521 g/mol. The summed E-state index contributed by atoms with van der Waals surface area (Å²) < 4.78 is 39.1. The lowest BCUT2D eigenvalue weighted by molar-refractivity contribution is -0.134. The van der Waals surface area contributed by atoms with Crippen LogP contribution in [0.5, 0.6) is 0 Å². The molecule has 3 saturated carbocycles. The fourth-order valence-corrected chi connectivity index (χ4v) is 6.26. The predicted molar refractivity (Wildman–Crippen MR) is 116 cm³/mol. The van der Waals surface area contributed by atoms with Crippen LogP contribution in [0.1, 0.15) is 51.7 Å². The highest BCUT2D eigenvalue weighted by atomic mass is 79.9. The van der Waals surface area contributed by atoms with Gasteiger partial charge in [-0.1, -0.05) is 41.9 Å². The lowest BCUT2D eigenvalue weighted by Crippen LogP contribution is -2.65. The third-order valence-electron chi connectivity index (χ3n) is 7.11. The van der Waals surface area contributed by atoms with Crippen molar-refractivity contribution < 1.29 is 33.0 Å².